The Labute approximate surface area is 117 Å². The van der Waals surface area contributed by atoms with E-state index in [2.05, 4.69) is 44.5 Å². The molecule has 2 aliphatic carbocycles. The number of fused-ring (bicyclic) bond motifs is 1. The van der Waals surface area contributed by atoms with Crippen LogP contribution in [0.3, 0.4) is 0 Å². The summed E-state index contributed by atoms with van der Waals surface area (Å²) in [7, 11) is 0. The van der Waals surface area contributed by atoms with Crippen molar-refractivity contribution in [2.24, 2.45) is 22.5 Å². The first-order valence-corrected chi connectivity index (χ1v) is 7.76. The molecule has 0 bridgehead atoms. The molecule has 0 saturated heterocycles. The van der Waals surface area contributed by atoms with Crippen LogP contribution < -0.4 is 5.73 Å². The summed E-state index contributed by atoms with van der Waals surface area (Å²) < 4.78 is 2.52. The summed E-state index contributed by atoms with van der Waals surface area (Å²) in [4.78, 5) is 0. The van der Waals surface area contributed by atoms with Crippen LogP contribution in [0.4, 0.5) is 0 Å². The van der Waals surface area contributed by atoms with Crippen LogP contribution in [0.1, 0.15) is 64.3 Å². The van der Waals surface area contributed by atoms with Crippen molar-refractivity contribution in [3.63, 3.8) is 0 Å². The molecule has 106 valence electrons. The Morgan fingerprint density at radius 2 is 2.05 bits per heavy atom. The predicted octanol–water partition coefficient (Wildman–Crippen LogP) is 3.90. The average Bonchev–Trinajstić information content (AvgIpc) is 2.96. The first kappa shape index (κ1) is 13.2. The topological polar surface area (TPSA) is 30.9 Å². The average molecular weight is 260 g/mol. The van der Waals surface area contributed by atoms with Crippen molar-refractivity contribution in [1.29, 1.82) is 0 Å². The predicted molar refractivity (Wildman–Crippen MR) is 80.0 cm³/mol. The highest BCUT2D eigenvalue weighted by atomic mass is 15.0. The first-order valence-electron chi connectivity index (χ1n) is 7.76. The third-order valence-corrected chi connectivity index (χ3v) is 5.53. The molecule has 0 aliphatic heterocycles. The zero-order chi connectivity index (χ0) is 13.8. The fourth-order valence-electron chi connectivity index (χ4n) is 3.86. The molecule has 1 heterocycles. The maximum absolute atomic E-state index is 6.36. The minimum Gasteiger partial charge on any atom is -0.351 e. The van der Waals surface area contributed by atoms with E-state index < -0.39 is 0 Å². The molecule has 19 heavy (non-hydrogen) atoms. The van der Waals surface area contributed by atoms with Crippen LogP contribution in [0, 0.1) is 16.7 Å². The normalized spacial score (nSPS) is 27.4. The molecule has 0 aromatic carbocycles. The summed E-state index contributed by atoms with van der Waals surface area (Å²) in [5, 5.41) is 0. The van der Waals surface area contributed by atoms with Gasteiger partial charge in [-0.25, -0.2) is 0 Å². The zero-order valence-electron chi connectivity index (χ0n) is 12.9. The van der Waals surface area contributed by atoms with Gasteiger partial charge < -0.3 is 10.3 Å². The van der Waals surface area contributed by atoms with E-state index in [1.807, 2.05) is 0 Å². The number of hydrogen-bond acceptors (Lipinski definition) is 1. The number of nitrogens with two attached hydrogens (primary N) is 1. The van der Waals surface area contributed by atoms with Gasteiger partial charge in [0.1, 0.15) is 0 Å². The summed E-state index contributed by atoms with van der Waals surface area (Å²) in [5.74, 6) is 0.788. The van der Waals surface area contributed by atoms with Crippen LogP contribution in [0.5, 0.6) is 0 Å². The van der Waals surface area contributed by atoms with Crippen LogP contribution in [-0.4, -0.2) is 4.57 Å². The van der Waals surface area contributed by atoms with Crippen molar-refractivity contribution in [3.8, 4) is 0 Å². The number of hydrogen-bond donors (Lipinski definition) is 1. The van der Waals surface area contributed by atoms with Gasteiger partial charge >= 0.3 is 0 Å². The van der Waals surface area contributed by atoms with Gasteiger partial charge in [0, 0.05) is 24.5 Å². The summed E-state index contributed by atoms with van der Waals surface area (Å²) in [5.41, 5.74) is 10.2. The fourth-order valence-corrected chi connectivity index (χ4v) is 3.86. The molecule has 1 saturated carbocycles. The van der Waals surface area contributed by atoms with E-state index in [1.54, 1.807) is 0 Å². The second-order valence-corrected chi connectivity index (χ2v) is 8.01. The second kappa shape index (κ2) is 4.12. The van der Waals surface area contributed by atoms with E-state index >= 15 is 0 Å². The number of nitrogens with zero attached hydrogens (tertiary/aromatic N) is 1. The SMILES string of the molecule is CC(C)C1(Cn2ccc3c2CC(C)(C)CC3N)CC1. The Hall–Kier alpha value is -0.760. The Kier molecular flexibility index (Phi) is 2.87. The van der Waals surface area contributed by atoms with Gasteiger partial charge in [0.2, 0.25) is 0 Å². The lowest BCUT2D eigenvalue weighted by atomic mass is 9.74. The molecule has 0 radical (unpaired) electrons. The van der Waals surface area contributed by atoms with Gasteiger partial charge in [0.15, 0.2) is 0 Å². The standard InChI is InChI=1S/C17H28N2/c1-12(2)17(6-7-17)11-19-8-5-13-14(18)9-16(3,4)10-15(13)19/h5,8,12,14H,6-7,9-11,18H2,1-4H3. The lowest BCUT2D eigenvalue weighted by molar-refractivity contribution is 0.260. The third kappa shape index (κ3) is 2.24. The van der Waals surface area contributed by atoms with Crippen LogP contribution >= 0.6 is 0 Å². The molecule has 2 aliphatic rings. The Morgan fingerprint density at radius 3 is 2.63 bits per heavy atom. The smallest absolute Gasteiger partial charge is 0.0318 e. The zero-order valence-corrected chi connectivity index (χ0v) is 12.9. The van der Waals surface area contributed by atoms with Gasteiger partial charge in [-0.05, 0) is 54.1 Å². The summed E-state index contributed by atoms with van der Waals surface area (Å²) >= 11 is 0. The monoisotopic (exact) mass is 260 g/mol. The van der Waals surface area contributed by atoms with E-state index in [0.717, 1.165) is 12.3 Å². The summed E-state index contributed by atoms with van der Waals surface area (Å²) in [6.07, 6.45) is 7.37. The highest BCUT2D eigenvalue weighted by Crippen LogP contribution is 2.53. The minimum atomic E-state index is 0.231. The number of aromatic nitrogens is 1. The van der Waals surface area contributed by atoms with Crippen molar-refractivity contribution in [2.75, 3.05) is 0 Å². The first-order chi connectivity index (χ1) is 8.83. The van der Waals surface area contributed by atoms with E-state index in [0.29, 0.717) is 10.8 Å². The van der Waals surface area contributed by atoms with E-state index in [4.69, 9.17) is 5.73 Å². The van der Waals surface area contributed by atoms with Crippen molar-refractivity contribution in [1.82, 2.24) is 4.57 Å². The van der Waals surface area contributed by atoms with Gasteiger partial charge in [-0.3, -0.25) is 0 Å². The molecule has 1 aromatic heterocycles. The van der Waals surface area contributed by atoms with Gasteiger partial charge in [-0.1, -0.05) is 27.7 Å². The Morgan fingerprint density at radius 1 is 1.37 bits per heavy atom. The molecule has 2 nitrogen and oxygen atoms in total. The molecule has 0 spiro atoms. The third-order valence-electron chi connectivity index (χ3n) is 5.53. The van der Waals surface area contributed by atoms with Gasteiger partial charge in [0.25, 0.3) is 0 Å². The maximum atomic E-state index is 6.36. The molecule has 2 heteroatoms. The van der Waals surface area contributed by atoms with Crippen molar-refractivity contribution in [3.05, 3.63) is 23.5 Å². The molecular formula is C17H28N2. The molecule has 3 rings (SSSR count). The highest BCUT2D eigenvalue weighted by Gasteiger charge is 2.46. The van der Waals surface area contributed by atoms with E-state index in [-0.39, 0.29) is 6.04 Å². The van der Waals surface area contributed by atoms with Gasteiger partial charge in [0.05, 0.1) is 0 Å². The van der Waals surface area contributed by atoms with Crippen LogP contribution in [0.15, 0.2) is 12.3 Å². The van der Waals surface area contributed by atoms with Gasteiger partial charge in [-0.2, -0.15) is 0 Å². The highest BCUT2D eigenvalue weighted by molar-refractivity contribution is 5.30. The Bertz CT molecular complexity index is 477. The fraction of sp³-hybridized carbons (Fsp3) is 0.765. The molecule has 1 fully saturated rings. The Balaban J connectivity index is 1.89. The molecule has 2 N–H and O–H groups in total. The minimum absolute atomic E-state index is 0.231. The molecule has 0 amide bonds. The van der Waals surface area contributed by atoms with Crippen LogP contribution in [0.25, 0.3) is 0 Å². The summed E-state index contributed by atoms with van der Waals surface area (Å²) in [6, 6.07) is 2.50. The van der Waals surface area contributed by atoms with Gasteiger partial charge in [-0.15, -0.1) is 0 Å². The van der Waals surface area contributed by atoms with E-state index in [1.165, 1.54) is 37.1 Å². The molecule has 1 atom stereocenters. The van der Waals surface area contributed by atoms with Crippen LogP contribution in [-0.2, 0) is 13.0 Å². The van der Waals surface area contributed by atoms with Crippen LogP contribution in [0.2, 0.25) is 0 Å². The largest absolute Gasteiger partial charge is 0.351 e. The van der Waals surface area contributed by atoms with Crippen molar-refractivity contribution < 1.29 is 0 Å². The van der Waals surface area contributed by atoms with Crippen molar-refractivity contribution in [2.45, 2.75) is 66.0 Å². The number of rotatable bonds is 3. The lowest BCUT2D eigenvalue weighted by Gasteiger charge is -2.35. The van der Waals surface area contributed by atoms with Crippen molar-refractivity contribution >= 4 is 0 Å². The summed E-state index contributed by atoms with van der Waals surface area (Å²) in [6.45, 7) is 10.6. The quantitative estimate of drug-likeness (QED) is 0.878. The molecule has 1 unspecified atom stereocenters. The lowest BCUT2D eigenvalue weighted by Crippen LogP contribution is -2.31. The van der Waals surface area contributed by atoms with E-state index in [9.17, 15) is 0 Å². The maximum Gasteiger partial charge on any atom is 0.0318 e. The molecular weight excluding hydrogens is 232 g/mol. The molecule has 1 aromatic rings. The second-order valence-electron chi connectivity index (χ2n) is 8.01.